The second-order valence-corrected chi connectivity index (χ2v) is 3.55. The van der Waals surface area contributed by atoms with Gasteiger partial charge in [-0.1, -0.05) is 6.08 Å². The summed E-state index contributed by atoms with van der Waals surface area (Å²) < 4.78 is 10.7. The summed E-state index contributed by atoms with van der Waals surface area (Å²) in [7, 11) is 0. The third kappa shape index (κ3) is 1.40. The first kappa shape index (κ1) is 9.15. The highest BCUT2D eigenvalue weighted by molar-refractivity contribution is 4.94. The molecule has 0 aromatic rings. The average molecular weight is 186 g/mol. The molecule has 0 saturated carbocycles. The fourth-order valence-electron chi connectivity index (χ4n) is 1.92. The van der Waals surface area contributed by atoms with Gasteiger partial charge in [0.2, 0.25) is 0 Å². The van der Waals surface area contributed by atoms with Crippen molar-refractivity contribution in [3.8, 4) is 0 Å². The van der Waals surface area contributed by atoms with Crippen molar-refractivity contribution in [1.82, 2.24) is 0 Å². The highest BCUT2D eigenvalue weighted by Gasteiger charge is 2.48. The summed E-state index contributed by atoms with van der Waals surface area (Å²) >= 11 is 0. The Hall–Kier alpha value is -0.420. The Morgan fingerprint density at radius 1 is 1.38 bits per heavy atom. The normalized spacial score (nSPS) is 49.2. The summed E-state index contributed by atoms with van der Waals surface area (Å²) in [6.07, 6.45) is -0.0304. The van der Waals surface area contributed by atoms with Crippen molar-refractivity contribution in [3.05, 3.63) is 12.7 Å². The van der Waals surface area contributed by atoms with Gasteiger partial charge in [0.25, 0.3) is 0 Å². The fourth-order valence-corrected chi connectivity index (χ4v) is 1.92. The minimum Gasteiger partial charge on any atom is -0.390 e. The quantitative estimate of drug-likeness (QED) is 0.579. The van der Waals surface area contributed by atoms with E-state index in [1.807, 2.05) is 0 Å². The molecule has 2 aliphatic rings. The number of rotatable bonds is 2. The molecule has 13 heavy (non-hydrogen) atoms. The second-order valence-electron chi connectivity index (χ2n) is 3.55. The summed E-state index contributed by atoms with van der Waals surface area (Å²) in [5, 5.41) is 19.3. The van der Waals surface area contributed by atoms with Crippen LogP contribution in [-0.2, 0) is 9.47 Å². The molecule has 5 atom stereocenters. The van der Waals surface area contributed by atoms with Crippen molar-refractivity contribution in [2.75, 3.05) is 6.61 Å². The first-order valence-corrected chi connectivity index (χ1v) is 4.48. The molecule has 4 nitrogen and oxygen atoms in total. The van der Waals surface area contributed by atoms with Crippen LogP contribution in [-0.4, -0.2) is 41.4 Å². The molecule has 2 N–H and O–H groups in total. The Morgan fingerprint density at radius 2 is 2.15 bits per heavy atom. The molecule has 0 amide bonds. The van der Waals surface area contributed by atoms with Crippen LogP contribution in [0.2, 0.25) is 0 Å². The van der Waals surface area contributed by atoms with E-state index in [0.29, 0.717) is 13.0 Å². The monoisotopic (exact) mass is 186 g/mol. The van der Waals surface area contributed by atoms with Crippen LogP contribution in [0.4, 0.5) is 0 Å². The van der Waals surface area contributed by atoms with Gasteiger partial charge in [0.15, 0.2) is 6.29 Å². The third-order valence-corrected chi connectivity index (χ3v) is 2.69. The first-order valence-electron chi connectivity index (χ1n) is 4.48. The first-order chi connectivity index (χ1) is 6.24. The Morgan fingerprint density at radius 3 is 2.85 bits per heavy atom. The number of ether oxygens (including phenoxy) is 2. The summed E-state index contributed by atoms with van der Waals surface area (Å²) in [4.78, 5) is 0. The molecule has 0 aliphatic carbocycles. The van der Waals surface area contributed by atoms with Gasteiger partial charge in [0.05, 0.1) is 12.7 Å². The largest absolute Gasteiger partial charge is 0.390 e. The topological polar surface area (TPSA) is 58.9 Å². The summed E-state index contributed by atoms with van der Waals surface area (Å²) in [5.41, 5.74) is 0. The maximum atomic E-state index is 9.69. The van der Waals surface area contributed by atoms with Gasteiger partial charge in [0.1, 0.15) is 12.2 Å². The molecule has 74 valence electrons. The Balaban J connectivity index is 2.12. The third-order valence-electron chi connectivity index (χ3n) is 2.69. The smallest absolute Gasteiger partial charge is 0.163 e. The van der Waals surface area contributed by atoms with Crippen molar-refractivity contribution in [1.29, 1.82) is 0 Å². The molecule has 0 radical (unpaired) electrons. The molecule has 2 bridgehead atoms. The van der Waals surface area contributed by atoms with E-state index in [0.717, 1.165) is 0 Å². The van der Waals surface area contributed by atoms with E-state index in [1.54, 1.807) is 6.08 Å². The lowest BCUT2D eigenvalue weighted by Gasteiger charge is -2.35. The number of fused-ring (bicyclic) bond motifs is 2. The molecule has 2 heterocycles. The molecule has 0 aromatic heterocycles. The molecule has 0 aromatic carbocycles. The minimum atomic E-state index is -0.830. The van der Waals surface area contributed by atoms with Crippen LogP contribution in [0.15, 0.2) is 12.7 Å². The highest BCUT2D eigenvalue weighted by Crippen LogP contribution is 2.34. The van der Waals surface area contributed by atoms with Crippen LogP contribution in [0, 0.1) is 5.92 Å². The number of hydrogen-bond donors (Lipinski definition) is 2. The maximum Gasteiger partial charge on any atom is 0.163 e. The standard InChI is InChI=1S/C9H14O4/c1-2-3-5-7(10)8(11)6-4-12-9(5)13-6/h2,5-11H,1,3-4H2. The zero-order chi connectivity index (χ0) is 9.42. The Kier molecular flexibility index (Phi) is 2.38. The molecule has 2 saturated heterocycles. The molecule has 2 rings (SSSR count). The summed E-state index contributed by atoms with van der Waals surface area (Å²) in [6, 6.07) is 0. The molecular weight excluding hydrogens is 172 g/mol. The molecule has 0 spiro atoms. The van der Waals surface area contributed by atoms with Crippen molar-refractivity contribution in [2.24, 2.45) is 5.92 Å². The van der Waals surface area contributed by atoms with E-state index in [2.05, 4.69) is 6.58 Å². The summed E-state index contributed by atoms with van der Waals surface area (Å²) in [6.45, 7) is 3.96. The van der Waals surface area contributed by atoms with Crippen LogP contribution in [0.5, 0.6) is 0 Å². The number of hydrogen-bond acceptors (Lipinski definition) is 4. The van der Waals surface area contributed by atoms with E-state index in [1.165, 1.54) is 0 Å². The van der Waals surface area contributed by atoms with Crippen LogP contribution < -0.4 is 0 Å². The van der Waals surface area contributed by atoms with E-state index in [4.69, 9.17) is 9.47 Å². The van der Waals surface area contributed by atoms with Gasteiger partial charge in [-0.05, 0) is 6.42 Å². The lowest BCUT2D eigenvalue weighted by Crippen LogP contribution is -2.50. The van der Waals surface area contributed by atoms with Crippen LogP contribution >= 0.6 is 0 Å². The SMILES string of the molecule is C=CCC1C2OCC(O2)C(O)C1O. The summed E-state index contributed by atoms with van der Waals surface area (Å²) in [5.74, 6) is -0.189. The van der Waals surface area contributed by atoms with E-state index < -0.39 is 12.2 Å². The number of aliphatic hydroxyl groups is 2. The van der Waals surface area contributed by atoms with Crippen molar-refractivity contribution in [3.63, 3.8) is 0 Å². The molecule has 5 unspecified atom stereocenters. The van der Waals surface area contributed by atoms with Crippen molar-refractivity contribution >= 4 is 0 Å². The van der Waals surface area contributed by atoms with E-state index in [-0.39, 0.29) is 18.3 Å². The minimum absolute atomic E-state index is 0.189. The van der Waals surface area contributed by atoms with Gasteiger partial charge < -0.3 is 19.7 Å². The maximum absolute atomic E-state index is 9.69. The van der Waals surface area contributed by atoms with Gasteiger partial charge in [-0.2, -0.15) is 0 Å². The average Bonchev–Trinajstić information content (AvgIpc) is 2.56. The van der Waals surface area contributed by atoms with Gasteiger partial charge in [-0.3, -0.25) is 0 Å². The van der Waals surface area contributed by atoms with Gasteiger partial charge in [-0.15, -0.1) is 6.58 Å². The predicted molar refractivity (Wildman–Crippen MR) is 44.9 cm³/mol. The van der Waals surface area contributed by atoms with Gasteiger partial charge >= 0.3 is 0 Å². The lowest BCUT2D eigenvalue weighted by molar-refractivity contribution is -0.202. The highest BCUT2D eigenvalue weighted by atomic mass is 16.7. The van der Waals surface area contributed by atoms with Crippen LogP contribution in [0.1, 0.15) is 6.42 Å². The fraction of sp³-hybridized carbons (Fsp3) is 0.778. The van der Waals surface area contributed by atoms with E-state index >= 15 is 0 Å². The number of aliphatic hydroxyl groups excluding tert-OH is 2. The molecule has 2 fully saturated rings. The van der Waals surface area contributed by atoms with Gasteiger partial charge in [0, 0.05) is 5.92 Å². The molecular formula is C9H14O4. The Labute approximate surface area is 76.8 Å². The number of allylic oxidation sites excluding steroid dienone is 1. The van der Waals surface area contributed by atoms with Gasteiger partial charge in [-0.25, -0.2) is 0 Å². The molecule has 2 aliphatic heterocycles. The lowest BCUT2D eigenvalue weighted by atomic mass is 9.90. The Bertz CT molecular complexity index is 206. The zero-order valence-corrected chi connectivity index (χ0v) is 7.30. The van der Waals surface area contributed by atoms with E-state index in [9.17, 15) is 10.2 Å². The second kappa shape index (κ2) is 3.38. The predicted octanol–water partition coefficient (Wildman–Crippen LogP) is -0.344. The zero-order valence-electron chi connectivity index (χ0n) is 7.30. The van der Waals surface area contributed by atoms with Crippen LogP contribution in [0.25, 0.3) is 0 Å². The van der Waals surface area contributed by atoms with Crippen molar-refractivity contribution < 1.29 is 19.7 Å². The van der Waals surface area contributed by atoms with Crippen LogP contribution in [0.3, 0.4) is 0 Å². The van der Waals surface area contributed by atoms with Crippen molar-refractivity contribution in [2.45, 2.75) is 31.0 Å². The molecule has 4 heteroatoms.